The van der Waals surface area contributed by atoms with Crippen molar-refractivity contribution < 1.29 is 4.79 Å². The van der Waals surface area contributed by atoms with Crippen LogP contribution in [0.15, 0.2) is 18.2 Å². The van der Waals surface area contributed by atoms with Crippen molar-refractivity contribution in [1.82, 2.24) is 9.97 Å². The summed E-state index contributed by atoms with van der Waals surface area (Å²) in [5.74, 6) is -0.539. The summed E-state index contributed by atoms with van der Waals surface area (Å²) in [7, 11) is 0. The van der Waals surface area contributed by atoms with Gasteiger partial charge in [-0.15, -0.1) is 0 Å². The minimum absolute atomic E-state index is 0.244. The monoisotopic (exact) mass is 201 g/mol. The number of rotatable bonds is 1. The van der Waals surface area contributed by atoms with Crippen LogP contribution in [-0.2, 0) is 0 Å². The number of fused-ring (bicyclic) bond motifs is 1. The minimum atomic E-state index is -0.539. The zero-order chi connectivity index (χ0) is 11.0. The Kier molecular flexibility index (Phi) is 2.11. The van der Waals surface area contributed by atoms with Gasteiger partial charge >= 0.3 is 0 Å². The number of aromatic nitrogens is 2. The van der Waals surface area contributed by atoms with Gasteiger partial charge < -0.3 is 5.73 Å². The van der Waals surface area contributed by atoms with E-state index in [0.29, 0.717) is 11.2 Å². The van der Waals surface area contributed by atoms with Gasteiger partial charge in [-0.3, -0.25) is 4.79 Å². The first kappa shape index (κ1) is 9.58. The van der Waals surface area contributed by atoms with Crippen LogP contribution in [0.2, 0.25) is 0 Å². The van der Waals surface area contributed by atoms with Crippen LogP contribution < -0.4 is 5.73 Å². The van der Waals surface area contributed by atoms with Gasteiger partial charge in [0.05, 0.1) is 16.7 Å². The van der Waals surface area contributed by atoms with Gasteiger partial charge in [0, 0.05) is 0 Å². The van der Waals surface area contributed by atoms with E-state index in [0.717, 1.165) is 11.1 Å². The highest BCUT2D eigenvalue weighted by atomic mass is 16.1. The van der Waals surface area contributed by atoms with Crippen molar-refractivity contribution in [3.63, 3.8) is 0 Å². The van der Waals surface area contributed by atoms with E-state index < -0.39 is 5.91 Å². The fraction of sp³-hybridized carbons (Fsp3) is 0.182. The standard InChI is InChI=1S/C11H11N3O/c1-6-4-3-5-8-9(6)13-7(2)10(14-8)11(12)15/h3-5H,1-2H3,(H2,12,15). The summed E-state index contributed by atoms with van der Waals surface area (Å²) in [6, 6.07) is 5.66. The summed E-state index contributed by atoms with van der Waals surface area (Å²) in [4.78, 5) is 19.6. The first-order valence-corrected chi connectivity index (χ1v) is 4.63. The molecule has 4 nitrogen and oxygen atoms in total. The maximum absolute atomic E-state index is 11.1. The Morgan fingerprint density at radius 1 is 1.27 bits per heavy atom. The molecule has 76 valence electrons. The molecule has 15 heavy (non-hydrogen) atoms. The summed E-state index contributed by atoms with van der Waals surface area (Å²) in [5, 5.41) is 0. The smallest absolute Gasteiger partial charge is 0.269 e. The molecule has 1 aromatic heterocycles. The zero-order valence-electron chi connectivity index (χ0n) is 8.61. The van der Waals surface area contributed by atoms with Crippen molar-refractivity contribution in [2.24, 2.45) is 5.73 Å². The lowest BCUT2D eigenvalue weighted by atomic mass is 10.2. The molecule has 0 aliphatic rings. The number of nitrogens with two attached hydrogens (primary N) is 1. The SMILES string of the molecule is Cc1nc2c(C)cccc2nc1C(N)=O. The van der Waals surface area contributed by atoms with Crippen LogP contribution in [0.4, 0.5) is 0 Å². The summed E-state index contributed by atoms with van der Waals surface area (Å²) < 4.78 is 0. The van der Waals surface area contributed by atoms with Crippen LogP contribution in [0.25, 0.3) is 11.0 Å². The highest BCUT2D eigenvalue weighted by molar-refractivity contribution is 5.94. The lowest BCUT2D eigenvalue weighted by Gasteiger charge is -2.04. The van der Waals surface area contributed by atoms with Crippen molar-refractivity contribution >= 4 is 16.9 Å². The van der Waals surface area contributed by atoms with Crippen molar-refractivity contribution in [1.29, 1.82) is 0 Å². The number of aryl methyl sites for hydroxylation is 2. The molecule has 0 unspecified atom stereocenters. The third-order valence-electron chi connectivity index (χ3n) is 2.30. The second kappa shape index (κ2) is 3.31. The van der Waals surface area contributed by atoms with Crippen molar-refractivity contribution in [3.05, 3.63) is 35.2 Å². The third kappa shape index (κ3) is 1.54. The molecule has 1 heterocycles. The summed E-state index contributed by atoms with van der Waals surface area (Å²) in [6.45, 7) is 3.69. The second-order valence-electron chi connectivity index (χ2n) is 3.46. The molecule has 2 rings (SSSR count). The molecule has 0 atom stereocenters. The summed E-state index contributed by atoms with van der Waals surface area (Å²) in [5.41, 5.74) is 8.58. The van der Waals surface area contributed by atoms with Gasteiger partial charge in [0.15, 0.2) is 0 Å². The highest BCUT2D eigenvalue weighted by Gasteiger charge is 2.10. The highest BCUT2D eigenvalue weighted by Crippen LogP contribution is 2.15. The van der Waals surface area contributed by atoms with E-state index in [1.54, 1.807) is 6.92 Å². The molecule has 0 fully saturated rings. The third-order valence-corrected chi connectivity index (χ3v) is 2.30. The van der Waals surface area contributed by atoms with Crippen LogP contribution in [0.3, 0.4) is 0 Å². The van der Waals surface area contributed by atoms with Gasteiger partial charge in [0.2, 0.25) is 0 Å². The van der Waals surface area contributed by atoms with Crippen molar-refractivity contribution in [2.45, 2.75) is 13.8 Å². The number of carbonyl (C=O) groups excluding carboxylic acids is 1. The molecule has 0 aliphatic heterocycles. The number of nitrogens with zero attached hydrogens (tertiary/aromatic N) is 2. The molecule has 1 aromatic carbocycles. The first-order valence-electron chi connectivity index (χ1n) is 4.63. The molecular weight excluding hydrogens is 190 g/mol. The fourth-order valence-corrected chi connectivity index (χ4v) is 1.53. The average Bonchev–Trinajstić information content (AvgIpc) is 2.18. The van der Waals surface area contributed by atoms with Gasteiger partial charge in [0.1, 0.15) is 5.69 Å². The molecule has 2 aromatic rings. The van der Waals surface area contributed by atoms with Crippen LogP contribution in [0, 0.1) is 13.8 Å². The molecule has 0 radical (unpaired) electrons. The van der Waals surface area contributed by atoms with Crippen LogP contribution in [0.5, 0.6) is 0 Å². The number of primary amides is 1. The number of hydrogen-bond donors (Lipinski definition) is 1. The van der Waals surface area contributed by atoms with E-state index in [4.69, 9.17) is 5.73 Å². The lowest BCUT2D eigenvalue weighted by Crippen LogP contribution is -2.16. The Labute approximate surface area is 87.1 Å². The van der Waals surface area contributed by atoms with Crippen molar-refractivity contribution in [3.8, 4) is 0 Å². The Hall–Kier alpha value is -1.97. The van der Waals surface area contributed by atoms with Gasteiger partial charge in [0.25, 0.3) is 5.91 Å². The zero-order valence-corrected chi connectivity index (χ0v) is 8.61. The van der Waals surface area contributed by atoms with E-state index in [-0.39, 0.29) is 5.69 Å². The number of hydrogen-bond acceptors (Lipinski definition) is 3. The van der Waals surface area contributed by atoms with Crippen LogP contribution in [-0.4, -0.2) is 15.9 Å². The molecule has 2 N–H and O–H groups in total. The lowest BCUT2D eigenvalue weighted by molar-refractivity contribution is 0.0995. The number of amides is 1. The van der Waals surface area contributed by atoms with E-state index >= 15 is 0 Å². The van der Waals surface area contributed by atoms with Gasteiger partial charge in [-0.1, -0.05) is 12.1 Å². The number of para-hydroxylation sites is 1. The molecule has 1 amide bonds. The molecule has 0 bridgehead atoms. The minimum Gasteiger partial charge on any atom is -0.364 e. The van der Waals surface area contributed by atoms with Crippen LogP contribution >= 0.6 is 0 Å². The Bertz CT molecular complexity index is 549. The Balaban J connectivity index is 2.82. The normalized spacial score (nSPS) is 10.5. The van der Waals surface area contributed by atoms with Gasteiger partial charge in [-0.25, -0.2) is 9.97 Å². The Morgan fingerprint density at radius 2 is 2.00 bits per heavy atom. The predicted molar refractivity (Wildman–Crippen MR) is 57.5 cm³/mol. The van der Waals surface area contributed by atoms with Gasteiger partial charge in [-0.05, 0) is 25.5 Å². The molecule has 4 heteroatoms. The second-order valence-corrected chi connectivity index (χ2v) is 3.46. The van der Waals surface area contributed by atoms with Crippen molar-refractivity contribution in [2.75, 3.05) is 0 Å². The maximum atomic E-state index is 11.1. The van der Waals surface area contributed by atoms with Gasteiger partial charge in [-0.2, -0.15) is 0 Å². The molecule has 0 aliphatic carbocycles. The Morgan fingerprint density at radius 3 is 2.67 bits per heavy atom. The number of carbonyl (C=O) groups is 1. The fourth-order valence-electron chi connectivity index (χ4n) is 1.53. The molecule has 0 saturated carbocycles. The number of benzene rings is 1. The van der Waals surface area contributed by atoms with E-state index in [2.05, 4.69) is 9.97 Å². The largest absolute Gasteiger partial charge is 0.364 e. The quantitative estimate of drug-likeness (QED) is 0.757. The maximum Gasteiger partial charge on any atom is 0.269 e. The molecule has 0 saturated heterocycles. The molecule has 0 spiro atoms. The van der Waals surface area contributed by atoms with E-state index in [1.807, 2.05) is 25.1 Å². The molecular formula is C11H11N3O. The summed E-state index contributed by atoms with van der Waals surface area (Å²) >= 11 is 0. The summed E-state index contributed by atoms with van der Waals surface area (Å²) in [6.07, 6.45) is 0. The predicted octanol–water partition coefficient (Wildman–Crippen LogP) is 1.35. The first-order chi connectivity index (χ1) is 7.09. The topological polar surface area (TPSA) is 68.9 Å². The van der Waals surface area contributed by atoms with E-state index in [9.17, 15) is 4.79 Å². The van der Waals surface area contributed by atoms with Crippen LogP contribution in [0.1, 0.15) is 21.7 Å². The average molecular weight is 201 g/mol. The van der Waals surface area contributed by atoms with E-state index in [1.165, 1.54) is 0 Å².